The minimum absolute atomic E-state index is 0.385. The quantitative estimate of drug-likeness (QED) is 0.648. The lowest BCUT2D eigenvalue weighted by Crippen LogP contribution is -1.93. The number of benzene rings is 2. The van der Waals surface area contributed by atoms with Crippen LogP contribution in [-0.4, -0.2) is 17.1 Å². The van der Waals surface area contributed by atoms with Gasteiger partial charge in [0.1, 0.15) is 10.9 Å². The van der Waals surface area contributed by atoms with Crippen LogP contribution in [0.3, 0.4) is 0 Å². The van der Waals surface area contributed by atoms with Gasteiger partial charge in [-0.2, -0.15) is 0 Å². The van der Waals surface area contributed by atoms with Crippen LogP contribution in [0.1, 0.15) is 0 Å². The first kappa shape index (κ1) is 13.2. The van der Waals surface area contributed by atoms with Gasteiger partial charge in [-0.1, -0.05) is 41.4 Å². The number of rotatable bonds is 2. The molecule has 0 saturated carbocycles. The molecule has 100 valence electrons. The van der Waals surface area contributed by atoms with Gasteiger partial charge in [-0.3, -0.25) is 0 Å². The number of aromatic nitrogens is 2. The molecule has 0 spiro atoms. The predicted molar refractivity (Wildman–Crippen MR) is 81.5 cm³/mol. The van der Waals surface area contributed by atoms with Gasteiger partial charge >= 0.3 is 0 Å². The van der Waals surface area contributed by atoms with Gasteiger partial charge in [0.2, 0.25) is 0 Å². The lowest BCUT2D eigenvalue weighted by atomic mass is 10.2. The number of hydrogen-bond donors (Lipinski definition) is 0. The van der Waals surface area contributed by atoms with E-state index in [1.54, 1.807) is 13.2 Å². The van der Waals surface area contributed by atoms with Gasteiger partial charge < -0.3 is 4.74 Å². The molecule has 1 aromatic heterocycles. The van der Waals surface area contributed by atoms with Crippen LogP contribution in [0, 0.1) is 0 Å². The highest BCUT2D eigenvalue weighted by atomic mass is 35.5. The molecule has 0 saturated heterocycles. The zero-order chi connectivity index (χ0) is 14.1. The van der Waals surface area contributed by atoms with Crippen molar-refractivity contribution in [2.24, 2.45) is 0 Å². The second kappa shape index (κ2) is 5.27. The van der Waals surface area contributed by atoms with E-state index in [4.69, 9.17) is 27.9 Å². The molecule has 3 nitrogen and oxygen atoms in total. The molecule has 0 atom stereocenters. The Labute approximate surface area is 126 Å². The monoisotopic (exact) mass is 304 g/mol. The van der Waals surface area contributed by atoms with Crippen molar-refractivity contribution in [3.05, 3.63) is 52.6 Å². The summed E-state index contributed by atoms with van der Waals surface area (Å²) in [5.41, 5.74) is 1.47. The van der Waals surface area contributed by atoms with Gasteiger partial charge in [-0.15, -0.1) is 0 Å². The topological polar surface area (TPSA) is 35.0 Å². The number of hydrogen-bond acceptors (Lipinski definition) is 3. The predicted octanol–water partition coefficient (Wildman–Crippen LogP) is 4.61. The molecule has 0 aliphatic rings. The summed E-state index contributed by atoms with van der Waals surface area (Å²) in [6, 6.07) is 12.9. The lowest BCUT2D eigenvalue weighted by molar-refractivity contribution is 0.415. The van der Waals surface area contributed by atoms with Crippen LogP contribution in [0.5, 0.6) is 5.75 Å². The number of fused-ring (bicyclic) bond motifs is 1. The fourth-order valence-corrected chi connectivity index (χ4v) is 2.42. The highest BCUT2D eigenvalue weighted by molar-refractivity contribution is 6.38. The van der Waals surface area contributed by atoms with E-state index >= 15 is 0 Å². The third-order valence-corrected chi connectivity index (χ3v) is 3.55. The Balaban J connectivity index is 2.24. The Morgan fingerprint density at radius 3 is 2.60 bits per heavy atom. The van der Waals surface area contributed by atoms with Crippen LogP contribution in [-0.2, 0) is 0 Å². The third-order valence-electron chi connectivity index (χ3n) is 2.96. The van der Waals surface area contributed by atoms with Gasteiger partial charge in [0.15, 0.2) is 5.82 Å². The zero-order valence-corrected chi connectivity index (χ0v) is 12.1. The molecule has 0 N–H and O–H groups in total. The lowest BCUT2D eigenvalue weighted by Gasteiger charge is -2.07. The van der Waals surface area contributed by atoms with Gasteiger partial charge in [0.05, 0.1) is 17.6 Å². The SMILES string of the molecule is COc1cccc(-c2nc(Cl)c3cccc(Cl)c3n2)c1. The smallest absolute Gasteiger partial charge is 0.161 e. The van der Waals surface area contributed by atoms with Crippen LogP contribution in [0.15, 0.2) is 42.5 Å². The van der Waals surface area contributed by atoms with Gasteiger partial charge in [-0.05, 0) is 24.3 Å². The van der Waals surface area contributed by atoms with Crippen LogP contribution >= 0.6 is 23.2 Å². The number of ether oxygens (including phenoxy) is 1. The molecule has 0 radical (unpaired) electrons. The Hall–Kier alpha value is -1.84. The molecule has 1 heterocycles. The molecule has 5 heteroatoms. The average Bonchev–Trinajstić information content (AvgIpc) is 2.48. The molecule has 0 bridgehead atoms. The van der Waals surface area contributed by atoms with Crippen LogP contribution in [0.4, 0.5) is 0 Å². The second-order valence-electron chi connectivity index (χ2n) is 4.21. The van der Waals surface area contributed by atoms with E-state index in [0.29, 0.717) is 21.5 Å². The number of methoxy groups -OCH3 is 1. The first-order chi connectivity index (χ1) is 9.69. The van der Waals surface area contributed by atoms with Crippen LogP contribution in [0.2, 0.25) is 10.2 Å². The summed E-state index contributed by atoms with van der Waals surface area (Å²) in [6.07, 6.45) is 0. The van der Waals surface area contributed by atoms with E-state index in [1.165, 1.54) is 0 Å². The molecule has 0 amide bonds. The highest BCUT2D eigenvalue weighted by Gasteiger charge is 2.10. The fraction of sp³-hybridized carbons (Fsp3) is 0.0667. The molecule has 20 heavy (non-hydrogen) atoms. The fourth-order valence-electron chi connectivity index (χ4n) is 1.97. The standard InChI is InChI=1S/C15H10Cl2N2O/c1-20-10-5-2-4-9(8-10)15-18-13-11(14(17)19-15)6-3-7-12(13)16/h2-8H,1H3. The summed E-state index contributed by atoms with van der Waals surface area (Å²) in [6.45, 7) is 0. The Morgan fingerprint density at radius 1 is 1.00 bits per heavy atom. The van der Waals surface area contributed by atoms with E-state index in [9.17, 15) is 0 Å². The number of nitrogens with zero attached hydrogens (tertiary/aromatic N) is 2. The van der Waals surface area contributed by atoms with E-state index in [2.05, 4.69) is 9.97 Å². The summed E-state index contributed by atoms with van der Waals surface area (Å²) in [4.78, 5) is 8.83. The molecule has 3 aromatic rings. The molecule has 0 aliphatic heterocycles. The largest absolute Gasteiger partial charge is 0.497 e. The number of halogens is 2. The molecular formula is C15H10Cl2N2O. The molecule has 0 aliphatic carbocycles. The van der Waals surface area contributed by atoms with Crippen molar-refractivity contribution < 1.29 is 4.74 Å². The van der Waals surface area contributed by atoms with E-state index in [-0.39, 0.29) is 0 Å². The van der Waals surface area contributed by atoms with E-state index < -0.39 is 0 Å². The van der Waals surface area contributed by atoms with E-state index in [0.717, 1.165) is 16.7 Å². The normalized spacial score (nSPS) is 10.8. The first-order valence-electron chi connectivity index (χ1n) is 5.95. The Bertz CT molecular complexity index is 790. The van der Waals surface area contributed by atoms with Crippen molar-refractivity contribution in [1.82, 2.24) is 9.97 Å². The minimum Gasteiger partial charge on any atom is -0.497 e. The van der Waals surface area contributed by atoms with Crippen molar-refractivity contribution >= 4 is 34.1 Å². The molecule has 0 unspecified atom stereocenters. The minimum atomic E-state index is 0.385. The average molecular weight is 305 g/mol. The van der Waals surface area contributed by atoms with E-state index in [1.807, 2.05) is 36.4 Å². The van der Waals surface area contributed by atoms with Gasteiger partial charge in [-0.25, -0.2) is 9.97 Å². The number of para-hydroxylation sites is 1. The third kappa shape index (κ3) is 2.30. The highest BCUT2D eigenvalue weighted by Crippen LogP contribution is 2.30. The molecular weight excluding hydrogens is 295 g/mol. The van der Waals surface area contributed by atoms with Gasteiger partial charge in [0, 0.05) is 10.9 Å². The maximum atomic E-state index is 6.22. The van der Waals surface area contributed by atoms with Crippen LogP contribution in [0.25, 0.3) is 22.3 Å². The molecule has 3 rings (SSSR count). The molecule has 0 fully saturated rings. The van der Waals surface area contributed by atoms with Gasteiger partial charge in [0.25, 0.3) is 0 Å². The summed E-state index contributed by atoms with van der Waals surface area (Å²) >= 11 is 12.4. The molecule has 2 aromatic carbocycles. The van der Waals surface area contributed by atoms with Crippen molar-refractivity contribution in [1.29, 1.82) is 0 Å². The first-order valence-corrected chi connectivity index (χ1v) is 6.71. The van der Waals surface area contributed by atoms with Crippen molar-refractivity contribution in [3.8, 4) is 17.1 Å². The van der Waals surface area contributed by atoms with Crippen LogP contribution < -0.4 is 4.74 Å². The summed E-state index contributed by atoms with van der Waals surface area (Å²) in [7, 11) is 1.62. The summed E-state index contributed by atoms with van der Waals surface area (Å²) < 4.78 is 5.20. The zero-order valence-electron chi connectivity index (χ0n) is 10.6. The Morgan fingerprint density at radius 2 is 1.80 bits per heavy atom. The van der Waals surface area contributed by atoms with Crippen molar-refractivity contribution in [3.63, 3.8) is 0 Å². The summed E-state index contributed by atoms with van der Waals surface area (Å²) in [5, 5.41) is 1.68. The van der Waals surface area contributed by atoms with Crippen molar-refractivity contribution in [2.75, 3.05) is 7.11 Å². The maximum absolute atomic E-state index is 6.22. The Kier molecular flexibility index (Phi) is 3.47. The second-order valence-corrected chi connectivity index (χ2v) is 4.97. The maximum Gasteiger partial charge on any atom is 0.161 e. The summed E-state index contributed by atoms with van der Waals surface area (Å²) in [5.74, 6) is 1.26. The van der Waals surface area contributed by atoms with Crippen molar-refractivity contribution in [2.45, 2.75) is 0 Å².